The van der Waals surface area contributed by atoms with Crippen LogP contribution in [0.25, 0.3) is 0 Å². The van der Waals surface area contributed by atoms with E-state index in [1.165, 1.54) is 0 Å². The van der Waals surface area contributed by atoms with Crippen LogP contribution in [-0.4, -0.2) is 67.9 Å². The van der Waals surface area contributed by atoms with E-state index in [-0.39, 0.29) is 11.9 Å². The Labute approximate surface area is 125 Å². The van der Waals surface area contributed by atoms with Gasteiger partial charge in [-0.05, 0) is 38.8 Å². The fraction of sp³-hybridized carbons (Fsp3) is 0.533. The molecule has 1 aromatic carbocycles. The Bertz CT molecular complexity index is 470. The average Bonchev–Trinajstić information content (AvgIpc) is 2.39. The van der Waals surface area contributed by atoms with Gasteiger partial charge in [-0.3, -0.25) is 9.69 Å². The van der Waals surface area contributed by atoms with Crippen molar-refractivity contribution < 1.29 is 4.79 Å². The zero-order chi connectivity index (χ0) is 14.7. The number of nitrogens with zero attached hydrogens (tertiary/aromatic N) is 3. The fourth-order valence-electron chi connectivity index (χ4n) is 2.54. The smallest absolute Gasteiger partial charge is 0.244 e. The standard InChI is InChI=1S/C15H22ClN3O/c1-17(2)14(12-5-4-6-13(16)11-12)15(20)19-9-7-18(3)8-10-19/h4-6,11,14H,7-10H2,1-3H3. The van der Waals surface area contributed by atoms with Crippen molar-refractivity contribution in [3.63, 3.8) is 0 Å². The Kier molecular flexibility index (Phi) is 5.02. The van der Waals surface area contributed by atoms with E-state index in [1.54, 1.807) is 0 Å². The van der Waals surface area contributed by atoms with E-state index in [2.05, 4.69) is 11.9 Å². The van der Waals surface area contributed by atoms with Gasteiger partial charge in [0.25, 0.3) is 0 Å². The van der Waals surface area contributed by atoms with E-state index in [4.69, 9.17) is 11.6 Å². The molecule has 5 heteroatoms. The second-order valence-corrected chi connectivity index (χ2v) is 5.99. The van der Waals surface area contributed by atoms with Crippen LogP contribution in [0.4, 0.5) is 0 Å². The molecule has 0 aromatic heterocycles. The third kappa shape index (κ3) is 3.51. The SMILES string of the molecule is CN1CCN(C(=O)C(c2cccc(Cl)c2)N(C)C)CC1. The van der Waals surface area contributed by atoms with Crippen LogP contribution in [0.2, 0.25) is 5.02 Å². The molecule has 1 aliphatic heterocycles. The van der Waals surface area contributed by atoms with E-state index < -0.39 is 0 Å². The lowest BCUT2D eigenvalue weighted by Crippen LogP contribution is -2.50. The summed E-state index contributed by atoms with van der Waals surface area (Å²) in [5.74, 6) is 0.158. The van der Waals surface area contributed by atoms with Crippen molar-refractivity contribution in [2.75, 3.05) is 47.3 Å². The Balaban J connectivity index is 2.18. The maximum Gasteiger partial charge on any atom is 0.244 e. The predicted octanol–water partition coefficient (Wildman–Crippen LogP) is 1.72. The number of halogens is 1. The molecule has 110 valence electrons. The number of hydrogen-bond acceptors (Lipinski definition) is 3. The lowest BCUT2D eigenvalue weighted by Gasteiger charge is -2.36. The number of hydrogen-bond donors (Lipinski definition) is 0. The number of carbonyl (C=O) groups is 1. The summed E-state index contributed by atoms with van der Waals surface area (Å²) >= 11 is 6.05. The van der Waals surface area contributed by atoms with Gasteiger partial charge in [0.2, 0.25) is 5.91 Å². The van der Waals surface area contributed by atoms with Gasteiger partial charge in [0.15, 0.2) is 0 Å². The van der Waals surface area contributed by atoms with Crippen molar-refractivity contribution in [1.29, 1.82) is 0 Å². The highest BCUT2D eigenvalue weighted by Gasteiger charge is 2.29. The Morgan fingerprint density at radius 1 is 1.25 bits per heavy atom. The van der Waals surface area contributed by atoms with Gasteiger partial charge in [-0.25, -0.2) is 0 Å². The van der Waals surface area contributed by atoms with Crippen LogP contribution in [-0.2, 0) is 4.79 Å². The highest BCUT2D eigenvalue weighted by molar-refractivity contribution is 6.30. The zero-order valence-electron chi connectivity index (χ0n) is 12.3. The summed E-state index contributed by atoms with van der Waals surface area (Å²) in [6, 6.07) is 7.30. The number of likely N-dealkylation sites (N-methyl/N-ethyl adjacent to an activating group) is 2. The van der Waals surface area contributed by atoms with E-state index in [1.807, 2.05) is 48.2 Å². The molecule has 1 fully saturated rings. The molecule has 1 heterocycles. The van der Waals surface area contributed by atoms with Crippen molar-refractivity contribution in [3.8, 4) is 0 Å². The lowest BCUT2D eigenvalue weighted by molar-refractivity contribution is -0.138. The van der Waals surface area contributed by atoms with Crippen molar-refractivity contribution >= 4 is 17.5 Å². The molecule has 0 spiro atoms. The van der Waals surface area contributed by atoms with Gasteiger partial charge in [-0.2, -0.15) is 0 Å². The minimum atomic E-state index is -0.267. The van der Waals surface area contributed by atoms with Crippen LogP contribution in [0.1, 0.15) is 11.6 Å². The first-order chi connectivity index (χ1) is 9.49. The molecule has 20 heavy (non-hydrogen) atoms. The second-order valence-electron chi connectivity index (χ2n) is 5.55. The predicted molar refractivity (Wildman–Crippen MR) is 82.0 cm³/mol. The van der Waals surface area contributed by atoms with Crippen LogP contribution >= 0.6 is 11.6 Å². The molecule has 1 aromatic rings. The van der Waals surface area contributed by atoms with Crippen LogP contribution in [0.3, 0.4) is 0 Å². The minimum absolute atomic E-state index is 0.158. The molecular formula is C15H22ClN3O. The van der Waals surface area contributed by atoms with E-state index >= 15 is 0 Å². The third-order valence-electron chi connectivity index (χ3n) is 3.73. The van der Waals surface area contributed by atoms with Crippen LogP contribution < -0.4 is 0 Å². The number of carbonyl (C=O) groups excluding carboxylic acids is 1. The normalized spacial score (nSPS) is 18.4. The van der Waals surface area contributed by atoms with Gasteiger partial charge in [-0.15, -0.1) is 0 Å². The second kappa shape index (κ2) is 6.57. The molecule has 4 nitrogen and oxygen atoms in total. The summed E-state index contributed by atoms with van der Waals surface area (Å²) in [5.41, 5.74) is 0.950. The molecule has 1 atom stereocenters. The molecule has 0 bridgehead atoms. The molecular weight excluding hydrogens is 274 g/mol. The molecule has 1 amide bonds. The summed E-state index contributed by atoms with van der Waals surface area (Å²) in [6.07, 6.45) is 0. The summed E-state index contributed by atoms with van der Waals surface area (Å²) in [5, 5.41) is 0.667. The third-order valence-corrected chi connectivity index (χ3v) is 3.96. The quantitative estimate of drug-likeness (QED) is 0.849. The Morgan fingerprint density at radius 2 is 1.90 bits per heavy atom. The van der Waals surface area contributed by atoms with Crippen molar-refractivity contribution in [2.24, 2.45) is 0 Å². The van der Waals surface area contributed by atoms with E-state index in [9.17, 15) is 4.79 Å². The average molecular weight is 296 g/mol. The first kappa shape index (κ1) is 15.3. The number of amides is 1. The summed E-state index contributed by atoms with van der Waals surface area (Å²) < 4.78 is 0. The molecule has 0 aliphatic carbocycles. The van der Waals surface area contributed by atoms with E-state index in [0.717, 1.165) is 31.7 Å². The Morgan fingerprint density at radius 3 is 2.45 bits per heavy atom. The van der Waals surface area contributed by atoms with Gasteiger partial charge in [0.05, 0.1) is 0 Å². The van der Waals surface area contributed by atoms with Gasteiger partial charge >= 0.3 is 0 Å². The first-order valence-electron chi connectivity index (χ1n) is 6.88. The number of piperazine rings is 1. The molecule has 1 unspecified atom stereocenters. The van der Waals surface area contributed by atoms with Gasteiger partial charge in [0, 0.05) is 31.2 Å². The van der Waals surface area contributed by atoms with Gasteiger partial charge in [0.1, 0.15) is 6.04 Å². The largest absolute Gasteiger partial charge is 0.338 e. The molecule has 1 saturated heterocycles. The molecule has 2 rings (SSSR count). The molecule has 0 N–H and O–H groups in total. The number of benzene rings is 1. The first-order valence-corrected chi connectivity index (χ1v) is 7.26. The van der Waals surface area contributed by atoms with Crippen LogP contribution in [0, 0.1) is 0 Å². The Hall–Kier alpha value is -1.10. The fourth-order valence-corrected chi connectivity index (χ4v) is 2.74. The van der Waals surface area contributed by atoms with Crippen molar-refractivity contribution in [3.05, 3.63) is 34.9 Å². The van der Waals surface area contributed by atoms with Crippen LogP contribution in [0.15, 0.2) is 24.3 Å². The monoisotopic (exact) mass is 295 g/mol. The summed E-state index contributed by atoms with van der Waals surface area (Å²) in [6.45, 7) is 3.45. The van der Waals surface area contributed by atoms with Gasteiger partial charge < -0.3 is 9.80 Å². The molecule has 0 saturated carbocycles. The summed E-state index contributed by atoms with van der Waals surface area (Å²) in [7, 11) is 5.95. The van der Waals surface area contributed by atoms with Crippen LogP contribution in [0.5, 0.6) is 0 Å². The topological polar surface area (TPSA) is 26.8 Å². The van der Waals surface area contributed by atoms with E-state index in [0.29, 0.717) is 5.02 Å². The lowest BCUT2D eigenvalue weighted by atomic mass is 10.0. The molecule has 1 aliphatic rings. The maximum atomic E-state index is 12.8. The van der Waals surface area contributed by atoms with Gasteiger partial charge in [-0.1, -0.05) is 23.7 Å². The highest BCUT2D eigenvalue weighted by atomic mass is 35.5. The number of rotatable bonds is 3. The summed E-state index contributed by atoms with van der Waals surface area (Å²) in [4.78, 5) is 18.9. The maximum absolute atomic E-state index is 12.8. The van der Waals surface area contributed by atoms with Crippen molar-refractivity contribution in [2.45, 2.75) is 6.04 Å². The highest BCUT2D eigenvalue weighted by Crippen LogP contribution is 2.24. The minimum Gasteiger partial charge on any atom is -0.338 e. The van der Waals surface area contributed by atoms with Crippen molar-refractivity contribution in [1.82, 2.24) is 14.7 Å². The zero-order valence-corrected chi connectivity index (χ0v) is 13.1. The molecule has 0 radical (unpaired) electrons.